The molecule has 0 unspecified atom stereocenters. The van der Waals surface area contributed by atoms with Crippen molar-refractivity contribution in [1.29, 1.82) is 0 Å². The summed E-state index contributed by atoms with van der Waals surface area (Å²) >= 11 is 0. The van der Waals surface area contributed by atoms with Gasteiger partial charge in [0.25, 0.3) is 0 Å². The lowest BCUT2D eigenvalue weighted by molar-refractivity contribution is -0.385. The van der Waals surface area contributed by atoms with Gasteiger partial charge in [-0.05, 0) is 12.1 Å². The van der Waals surface area contributed by atoms with Gasteiger partial charge in [0.2, 0.25) is 0 Å². The number of nitro groups is 1. The Morgan fingerprint density at radius 2 is 2.07 bits per heavy atom. The molecule has 0 bridgehead atoms. The molecule has 0 aromatic heterocycles. The number of phenols is 1. The highest BCUT2D eigenvalue weighted by molar-refractivity contribution is 7.84. The molecule has 1 rings (SSSR count). The molecule has 9 heteroatoms. The van der Waals surface area contributed by atoms with Crippen molar-refractivity contribution in [1.82, 2.24) is 0 Å². The maximum absolute atomic E-state index is 10.5. The molecular weight excluding hydrogens is 228 g/mol. The molecule has 0 fully saturated rings. The fraction of sp³-hybridized carbons (Fsp3) is 0. The van der Waals surface area contributed by atoms with E-state index in [0.29, 0.717) is 0 Å². The topological polar surface area (TPSA) is 133 Å². The third-order valence-electron chi connectivity index (χ3n) is 1.36. The molecule has 0 aliphatic rings. The van der Waals surface area contributed by atoms with Gasteiger partial charge < -0.3 is 9.29 Å². The van der Waals surface area contributed by atoms with E-state index in [0.717, 1.165) is 18.2 Å². The summed E-state index contributed by atoms with van der Waals surface area (Å²) in [5, 5.41) is 23.9. The lowest BCUT2D eigenvalue weighted by atomic mass is 10.3. The van der Waals surface area contributed by atoms with E-state index in [1.165, 1.54) is 0 Å². The number of nitro benzene ring substituents is 1. The van der Waals surface area contributed by atoms with Crippen LogP contribution in [-0.4, -0.2) is 18.4 Å². The fourth-order valence-corrected chi connectivity index (χ4v) is 1.21. The van der Waals surface area contributed by atoms with E-state index < -0.39 is 26.7 Å². The van der Waals surface area contributed by atoms with Crippen LogP contribution in [-0.2, 0) is 10.3 Å². The summed E-state index contributed by atoms with van der Waals surface area (Å²) < 4.78 is 25.2. The largest absolute Gasteiger partial charge is 0.502 e. The van der Waals surface area contributed by atoms with Gasteiger partial charge in [0.05, 0.1) is 11.0 Å². The zero-order valence-corrected chi connectivity index (χ0v) is 7.97. The zero-order chi connectivity index (χ0) is 11.6. The van der Waals surface area contributed by atoms with Gasteiger partial charge >= 0.3 is 16.0 Å². The lowest BCUT2D eigenvalue weighted by Crippen LogP contribution is -2.18. The Morgan fingerprint density at radius 3 is 2.53 bits per heavy atom. The van der Waals surface area contributed by atoms with Crippen molar-refractivity contribution < 1.29 is 22.6 Å². The maximum atomic E-state index is 10.5. The summed E-state index contributed by atoms with van der Waals surface area (Å²) in [6.07, 6.45) is 0. The predicted octanol–water partition coefficient (Wildman–Crippen LogP) is -0.117. The Balaban J connectivity index is 3.14. The average molecular weight is 234 g/mol. The molecule has 0 aliphatic heterocycles. The smallest absolute Gasteiger partial charge is 0.380 e. The average Bonchev–Trinajstić information content (AvgIpc) is 2.05. The minimum atomic E-state index is -4.24. The number of hydrogen-bond donors (Lipinski definition) is 2. The highest BCUT2D eigenvalue weighted by Crippen LogP contribution is 2.29. The van der Waals surface area contributed by atoms with Crippen LogP contribution in [0, 0.1) is 10.1 Å². The molecule has 15 heavy (non-hydrogen) atoms. The monoisotopic (exact) mass is 234 g/mol. The molecule has 1 aromatic rings. The van der Waals surface area contributed by atoms with Crippen molar-refractivity contribution in [2.24, 2.45) is 5.14 Å². The van der Waals surface area contributed by atoms with Crippen molar-refractivity contribution in [3.8, 4) is 11.5 Å². The number of rotatable bonds is 3. The van der Waals surface area contributed by atoms with Gasteiger partial charge in [-0.15, -0.1) is 0 Å². The molecule has 0 aliphatic carbocycles. The molecule has 1 aromatic carbocycles. The summed E-state index contributed by atoms with van der Waals surface area (Å²) in [4.78, 5) is 9.47. The van der Waals surface area contributed by atoms with Gasteiger partial charge in [0, 0.05) is 0 Å². The summed E-state index contributed by atoms with van der Waals surface area (Å²) in [6.45, 7) is 0. The Bertz CT molecular complexity index is 496. The molecule has 0 atom stereocenters. The van der Waals surface area contributed by atoms with E-state index in [1.807, 2.05) is 0 Å². The normalized spacial score (nSPS) is 11.0. The standard InChI is InChI=1S/C6H6N2O6S/c7-15(12,13)14-4-1-2-6(9)5(3-4)8(10)11/h1-3,9H,(H2,7,12,13). The van der Waals surface area contributed by atoms with Gasteiger partial charge in [-0.3, -0.25) is 10.1 Å². The van der Waals surface area contributed by atoms with Gasteiger partial charge in [-0.1, -0.05) is 0 Å². The van der Waals surface area contributed by atoms with Crippen molar-refractivity contribution >= 4 is 16.0 Å². The first-order chi connectivity index (χ1) is 6.79. The van der Waals surface area contributed by atoms with Gasteiger partial charge in [0.15, 0.2) is 11.5 Å². The third kappa shape index (κ3) is 3.07. The summed E-state index contributed by atoms with van der Waals surface area (Å²) in [7, 11) is -4.24. The highest BCUT2D eigenvalue weighted by Gasteiger charge is 2.16. The second-order valence-corrected chi connectivity index (χ2v) is 3.64. The van der Waals surface area contributed by atoms with E-state index in [9.17, 15) is 18.5 Å². The van der Waals surface area contributed by atoms with Crippen molar-refractivity contribution in [3.63, 3.8) is 0 Å². The number of aromatic hydroxyl groups is 1. The second kappa shape index (κ2) is 3.71. The molecule has 8 nitrogen and oxygen atoms in total. The maximum Gasteiger partial charge on any atom is 0.380 e. The molecule has 0 heterocycles. The van der Waals surface area contributed by atoms with Gasteiger partial charge in [-0.2, -0.15) is 13.6 Å². The van der Waals surface area contributed by atoms with E-state index in [1.54, 1.807) is 0 Å². The van der Waals surface area contributed by atoms with Gasteiger partial charge in [0.1, 0.15) is 0 Å². The van der Waals surface area contributed by atoms with E-state index >= 15 is 0 Å². The van der Waals surface area contributed by atoms with Gasteiger partial charge in [-0.25, -0.2) is 0 Å². The van der Waals surface area contributed by atoms with Crippen LogP contribution in [0.1, 0.15) is 0 Å². The minimum Gasteiger partial charge on any atom is -0.502 e. The van der Waals surface area contributed by atoms with Crippen LogP contribution in [0.4, 0.5) is 5.69 Å². The van der Waals surface area contributed by atoms with Crippen molar-refractivity contribution in [3.05, 3.63) is 28.3 Å². The molecule has 0 saturated heterocycles. The number of nitrogens with zero attached hydrogens (tertiary/aromatic N) is 1. The van der Waals surface area contributed by atoms with Crippen LogP contribution in [0.5, 0.6) is 11.5 Å². The SMILES string of the molecule is NS(=O)(=O)Oc1ccc(O)c([N+](=O)[O-])c1. The quantitative estimate of drug-likeness (QED) is 0.553. The molecular formula is C6H6N2O6S. The van der Waals surface area contributed by atoms with Crippen LogP contribution in [0.3, 0.4) is 0 Å². The molecule has 0 amide bonds. The number of nitrogens with two attached hydrogens (primary N) is 1. The fourth-order valence-electron chi connectivity index (χ4n) is 0.835. The van der Waals surface area contributed by atoms with Crippen molar-refractivity contribution in [2.45, 2.75) is 0 Å². The first kappa shape index (κ1) is 11.2. The van der Waals surface area contributed by atoms with Crippen LogP contribution in [0.15, 0.2) is 18.2 Å². The Morgan fingerprint density at radius 1 is 1.47 bits per heavy atom. The third-order valence-corrected chi connectivity index (χ3v) is 1.78. The minimum absolute atomic E-state index is 0.345. The number of benzene rings is 1. The number of hydrogen-bond acceptors (Lipinski definition) is 6. The predicted molar refractivity (Wildman–Crippen MR) is 48.5 cm³/mol. The van der Waals surface area contributed by atoms with Crippen LogP contribution >= 0.6 is 0 Å². The lowest BCUT2D eigenvalue weighted by Gasteiger charge is -2.02. The van der Waals surface area contributed by atoms with E-state index in [-0.39, 0.29) is 5.75 Å². The Kier molecular flexibility index (Phi) is 2.77. The molecule has 0 saturated carbocycles. The van der Waals surface area contributed by atoms with E-state index in [2.05, 4.69) is 9.32 Å². The van der Waals surface area contributed by atoms with Crippen molar-refractivity contribution in [2.75, 3.05) is 0 Å². The summed E-state index contributed by atoms with van der Waals surface area (Å²) in [6, 6.07) is 2.71. The first-order valence-corrected chi connectivity index (χ1v) is 4.96. The van der Waals surface area contributed by atoms with Crippen LogP contribution < -0.4 is 9.32 Å². The Hall–Kier alpha value is -1.87. The Labute approximate surface area is 84.3 Å². The first-order valence-electron chi connectivity index (χ1n) is 3.49. The van der Waals surface area contributed by atoms with E-state index in [4.69, 9.17) is 5.11 Å². The number of phenolic OH excluding ortho intramolecular Hbond substituents is 1. The molecule has 0 radical (unpaired) electrons. The van der Waals surface area contributed by atoms with Crippen LogP contribution in [0.25, 0.3) is 0 Å². The summed E-state index contributed by atoms with van der Waals surface area (Å²) in [5.74, 6) is -0.941. The molecule has 3 N–H and O–H groups in total. The molecule has 82 valence electrons. The molecule has 0 spiro atoms. The van der Waals surface area contributed by atoms with Crippen LogP contribution in [0.2, 0.25) is 0 Å². The summed E-state index contributed by atoms with van der Waals surface area (Å²) in [5.41, 5.74) is -0.670. The zero-order valence-electron chi connectivity index (χ0n) is 7.15. The second-order valence-electron chi connectivity index (χ2n) is 2.48. The highest BCUT2D eigenvalue weighted by atomic mass is 32.2.